The number of carbonyl (C=O) groups excluding carboxylic acids is 1. The van der Waals surface area contributed by atoms with Gasteiger partial charge in [0.15, 0.2) is 0 Å². The fourth-order valence-corrected chi connectivity index (χ4v) is 2.35. The average molecular weight is 296 g/mol. The van der Waals surface area contributed by atoms with Gasteiger partial charge in [-0.2, -0.15) is 0 Å². The SMILES string of the molecule is C=CCCCCCCCCC(=O)OCCCCCC(C)C. The van der Waals surface area contributed by atoms with Crippen molar-refractivity contribution < 1.29 is 9.53 Å². The molecule has 2 nitrogen and oxygen atoms in total. The number of esters is 1. The molecular weight excluding hydrogens is 260 g/mol. The van der Waals surface area contributed by atoms with E-state index < -0.39 is 0 Å². The fraction of sp³-hybridized carbons (Fsp3) is 0.842. The second-order valence-electron chi connectivity index (χ2n) is 6.41. The van der Waals surface area contributed by atoms with Crippen LogP contribution in [0.25, 0.3) is 0 Å². The Morgan fingerprint density at radius 2 is 1.57 bits per heavy atom. The van der Waals surface area contributed by atoms with E-state index in [9.17, 15) is 4.79 Å². The highest BCUT2D eigenvalue weighted by Gasteiger charge is 2.02. The smallest absolute Gasteiger partial charge is 0.305 e. The highest BCUT2D eigenvalue weighted by molar-refractivity contribution is 5.69. The minimum atomic E-state index is -0.00878. The highest BCUT2D eigenvalue weighted by atomic mass is 16.5. The first kappa shape index (κ1) is 20.2. The fourth-order valence-electron chi connectivity index (χ4n) is 2.35. The number of rotatable bonds is 15. The zero-order chi connectivity index (χ0) is 15.8. The maximum Gasteiger partial charge on any atom is 0.305 e. The standard InChI is InChI=1S/C19H36O2/c1-4-5-6-7-8-9-10-13-16-19(20)21-17-14-11-12-15-18(2)3/h4,18H,1,5-17H2,2-3H3. The van der Waals surface area contributed by atoms with Gasteiger partial charge in [0.05, 0.1) is 6.61 Å². The lowest BCUT2D eigenvalue weighted by atomic mass is 10.1. The van der Waals surface area contributed by atoms with Gasteiger partial charge in [-0.05, 0) is 31.6 Å². The summed E-state index contributed by atoms with van der Waals surface area (Å²) in [5.41, 5.74) is 0. The summed E-state index contributed by atoms with van der Waals surface area (Å²) in [6, 6.07) is 0. The molecule has 0 aromatic rings. The topological polar surface area (TPSA) is 26.3 Å². The molecule has 0 heterocycles. The predicted octanol–water partition coefficient (Wildman–Crippen LogP) is 6.05. The summed E-state index contributed by atoms with van der Waals surface area (Å²) < 4.78 is 5.26. The Labute approximate surface area is 132 Å². The summed E-state index contributed by atoms with van der Waals surface area (Å²) in [4.78, 5) is 11.5. The minimum absolute atomic E-state index is 0.00878. The molecule has 0 fully saturated rings. The summed E-state index contributed by atoms with van der Waals surface area (Å²) in [6.45, 7) is 8.83. The van der Waals surface area contributed by atoms with E-state index in [1.54, 1.807) is 0 Å². The zero-order valence-electron chi connectivity index (χ0n) is 14.4. The lowest BCUT2D eigenvalue weighted by Crippen LogP contribution is -2.05. The van der Waals surface area contributed by atoms with Gasteiger partial charge in [-0.3, -0.25) is 4.79 Å². The van der Waals surface area contributed by atoms with Crippen LogP contribution in [-0.4, -0.2) is 12.6 Å². The van der Waals surface area contributed by atoms with Gasteiger partial charge < -0.3 is 4.74 Å². The Hall–Kier alpha value is -0.790. The van der Waals surface area contributed by atoms with Gasteiger partial charge in [0.25, 0.3) is 0 Å². The summed E-state index contributed by atoms with van der Waals surface area (Å²) in [7, 11) is 0. The van der Waals surface area contributed by atoms with Crippen molar-refractivity contribution >= 4 is 5.97 Å². The van der Waals surface area contributed by atoms with E-state index in [4.69, 9.17) is 4.74 Å². The molecule has 0 saturated carbocycles. The second kappa shape index (κ2) is 15.6. The van der Waals surface area contributed by atoms with Gasteiger partial charge >= 0.3 is 5.97 Å². The molecule has 0 aliphatic carbocycles. The first-order valence-electron chi connectivity index (χ1n) is 8.93. The van der Waals surface area contributed by atoms with Crippen molar-refractivity contribution in [3.05, 3.63) is 12.7 Å². The zero-order valence-corrected chi connectivity index (χ0v) is 14.4. The molecule has 0 bridgehead atoms. The van der Waals surface area contributed by atoms with Crippen LogP contribution in [0.1, 0.15) is 90.9 Å². The van der Waals surface area contributed by atoms with Crippen LogP contribution in [0.2, 0.25) is 0 Å². The molecule has 0 aliphatic heterocycles. The lowest BCUT2D eigenvalue weighted by Gasteiger charge is -2.06. The van der Waals surface area contributed by atoms with Crippen molar-refractivity contribution in [3.8, 4) is 0 Å². The van der Waals surface area contributed by atoms with E-state index in [1.807, 2.05) is 6.08 Å². The summed E-state index contributed by atoms with van der Waals surface area (Å²) in [5.74, 6) is 0.773. The lowest BCUT2D eigenvalue weighted by molar-refractivity contribution is -0.143. The molecule has 0 atom stereocenters. The van der Waals surface area contributed by atoms with Crippen molar-refractivity contribution in [2.75, 3.05) is 6.61 Å². The third kappa shape index (κ3) is 17.2. The molecule has 0 aromatic carbocycles. The number of allylic oxidation sites excluding steroid dienone is 1. The van der Waals surface area contributed by atoms with Crippen molar-refractivity contribution in [2.45, 2.75) is 90.9 Å². The van der Waals surface area contributed by atoms with Crippen LogP contribution in [0, 0.1) is 5.92 Å². The van der Waals surface area contributed by atoms with E-state index in [1.165, 1.54) is 44.9 Å². The largest absolute Gasteiger partial charge is 0.466 e. The van der Waals surface area contributed by atoms with Crippen LogP contribution in [0.5, 0.6) is 0 Å². The maximum absolute atomic E-state index is 11.5. The van der Waals surface area contributed by atoms with Gasteiger partial charge in [-0.25, -0.2) is 0 Å². The molecule has 0 rings (SSSR count). The maximum atomic E-state index is 11.5. The van der Waals surface area contributed by atoms with Crippen molar-refractivity contribution in [3.63, 3.8) is 0 Å². The molecule has 0 unspecified atom stereocenters. The molecule has 0 N–H and O–H groups in total. The van der Waals surface area contributed by atoms with Crippen LogP contribution in [0.15, 0.2) is 12.7 Å². The van der Waals surface area contributed by atoms with Crippen LogP contribution < -0.4 is 0 Å². The molecule has 2 heteroatoms. The molecule has 124 valence electrons. The van der Waals surface area contributed by atoms with E-state index in [0.717, 1.165) is 31.6 Å². The van der Waals surface area contributed by atoms with Crippen LogP contribution in [0.4, 0.5) is 0 Å². The Morgan fingerprint density at radius 1 is 0.952 bits per heavy atom. The number of carbonyl (C=O) groups is 1. The third-order valence-corrected chi connectivity index (χ3v) is 3.73. The summed E-state index contributed by atoms with van der Waals surface area (Å²) in [6.07, 6.45) is 15.6. The summed E-state index contributed by atoms with van der Waals surface area (Å²) in [5, 5.41) is 0. The molecule has 0 radical (unpaired) electrons. The van der Waals surface area contributed by atoms with Crippen LogP contribution in [-0.2, 0) is 9.53 Å². The van der Waals surface area contributed by atoms with Crippen molar-refractivity contribution in [1.29, 1.82) is 0 Å². The first-order chi connectivity index (χ1) is 10.2. The van der Waals surface area contributed by atoms with Gasteiger partial charge in [-0.1, -0.05) is 64.9 Å². The van der Waals surface area contributed by atoms with Crippen LogP contribution >= 0.6 is 0 Å². The molecule has 0 saturated heterocycles. The molecule has 0 spiro atoms. The monoisotopic (exact) mass is 296 g/mol. The van der Waals surface area contributed by atoms with Gasteiger partial charge in [-0.15, -0.1) is 6.58 Å². The number of ether oxygens (including phenoxy) is 1. The molecular formula is C19H36O2. The molecule has 0 aromatic heterocycles. The van der Waals surface area contributed by atoms with E-state index in [-0.39, 0.29) is 5.97 Å². The molecule has 21 heavy (non-hydrogen) atoms. The molecule has 0 amide bonds. The Kier molecular flexibility index (Phi) is 15.0. The number of hydrogen-bond donors (Lipinski definition) is 0. The van der Waals surface area contributed by atoms with Crippen molar-refractivity contribution in [2.24, 2.45) is 5.92 Å². The Balaban J connectivity index is 3.18. The first-order valence-corrected chi connectivity index (χ1v) is 8.93. The Bertz CT molecular complexity index is 246. The number of hydrogen-bond acceptors (Lipinski definition) is 2. The van der Waals surface area contributed by atoms with E-state index in [0.29, 0.717) is 13.0 Å². The molecule has 0 aliphatic rings. The van der Waals surface area contributed by atoms with Gasteiger partial charge in [0.1, 0.15) is 0 Å². The normalized spacial score (nSPS) is 10.8. The van der Waals surface area contributed by atoms with Gasteiger partial charge in [0.2, 0.25) is 0 Å². The Morgan fingerprint density at radius 3 is 2.24 bits per heavy atom. The summed E-state index contributed by atoms with van der Waals surface area (Å²) >= 11 is 0. The van der Waals surface area contributed by atoms with Gasteiger partial charge in [0, 0.05) is 6.42 Å². The average Bonchev–Trinajstić information content (AvgIpc) is 2.45. The third-order valence-electron chi connectivity index (χ3n) is 3.73. The predicted molar refractivity (Wildman–Crippen MR) is 91.4 cm³/mol. The number of unbranched alkanes of at least 4 members (excludes halogenated alkanes) is 8. The highest BCUT2D eigenvalue weighted by Crippen LogP contribution is 2.10. The van der Waals surface area contributed by atoms with Crippen LogP contribution in [0.3, 0.4) is 0 Å². The minimum Gasteiger partial charge on any atom is -0.466 e. The second-order valence-corrected chi connectivity index (χ2v) is 6.41. The van der Waals surface area contributed by atoms with E-state index in [2.05, 4.69) is 20.4 Å². The van der Waals surface area contributed by atoms with E-state index >= 15 is 0 Å². The quantitative estimate of drug-likeness (QED) is 0.209. The van der Waals surface area contributed by atoms with Crippen molar-refractivity contribution in [1.82, 2.24) is 0 Å².